The topological polar surface area (TPSA) is 67.8 Å². The van der Waals surface area contributed by atoms with E-state index < -0.39 is 0 Å². The smallest absolute Gasteiger partial charge is 0.218 e. The van der Waals surface area contributed by atoms with Gasteiger partial charge in [0.1, 0.15) is 12.4 Å². The maximum atomic E-state index is 14.2. The van der Waals surface area contributed by atoms with Crippen LogP contribution in [0.25, 0.3) is 0 Å². The van der Waals surface area contributed by atoms with E-state index in [0.29, 0.717) is 38.1 Å². The fourth-order valence-electron chi connectivity index (χ4n) is 3.24. The van der Waals surface area contributed by atoms with Gasteiger partial charge in [0.2, 0.25) is 5.88 Å². The first-order valence-electron chi connectivity index (χ1n) is 10.0. The van der Waals surface area contributed by atoms with Gasteiger partial charge in [0.25, 0.3) is 0 Å². The zero-order valence-electron chi connectivity index (χ0n) is 17.5. The zero-order chi connectivity index (χ0) is 20.5. The summed E-state index contributed by atoms with van der Waals surface area (Å²) in [5, 5.41) is 6.64. The van der Waals surface area contributed by atoms with Crippen molar-refractivity contribution in [2.45, 2.75) is 31.7 Å². The van der Waals surface area contributed by atoms with Crippen molar-refractivity contribution >= 4 is 29.9 Å². The number of aliphatic imine (C=N–C) groups is 1. The van der Waals surface area contributed by atoms with Crippen molar-refractivity contribution in [3.8, 4) is 5.88 Å². The third-order valence-corrected chi connectivity index (χ3v) is 5.02. The molecule has 0 aliphatic heterocycles. The molecule has 2 aromatic rings. The lowest BCUT2D eigenvalue weighted by atomic mass is 9.95. The van der Waals surface area contributed by atoms with E-state index in [-0.39, 0.29) is 35.2 Å². The number of hydrogen-bond acceptors (Lipinski definition) is 4. The van der Waals surface area contributed by atoms with E-state index >= 15 is 0 Å². The molecule has 1 aromatic carbocycles. The quantitative estimate of drug-likeness (QED) is 0.213. The minimum absolute atomic E-state index is 0. The predicted octanol–water partition coefficient (Wildman–Crippen LogP) is 3.65. The first-order chi connectivity index (χ1) is 14.2. The van der Waals surface area contributed by atoms with E-state index in [2.05, 4.69) is 20.6 Å². The van der Waals surface area contributed by atoms with Crippen LogP contribution in [-0.2, 0) is 16.7 Å². The summed E-state index contributed by atoms with van der Waals surface area (Å²) in [7, 11) is 1.63. The number of nitrogens with one attached hydrogen (secondary N) is 2. The molecule has 1 aliphatic rings. The third kappa shape index (κ3) is 6.53. The number of ether oxygens (including phenoxy) is 2. The summed E-state index contributed by atoms with van der Waals surface area (Å²) in [6, 6.07) is 10.9. The third-order valence-electron chi connectivity index (χ3n) is 5.02. The summed E-state index contributed by atoms with van der Waals surface area (Å²) >= 11 is 0. The summed E-state index contributed by atoms with van der Waals surface area (Å²) in [6.07, 6.45) is 3.64. The number of methoxy groups -OCH3 is 1. The van der Waals surface area contributed by atoms with E-state index in [0.717, 1.165) is 30.5 Å². The highest BCUT2D eigenvalue weighted by atomic mass is 127. The highest BCUT2D eigenvalue weighted by molar-refractivity contribution is 14.0. The molecule has 0 saturated heterocycles. The average molecular weight is 528 g/mol. The summed E-state index contributed by atoms with van der Waals surface area (Å²) in [5.41, 5.74) is 1.53. The van der Waals surface area contributed by atoms with Crippen molar-refractivity contribution in [2.75, 3.05) is 33.4 Å². The van der Waals surface area contributed by atoms with Gasteiger partial charge in [0.05, 0.1) is 13.2 Å². The van der Waals surface area contributed by atoms with Crippen LogP contribution in [0.1, 0.15) is 30.9 Å². The predicted molar refractivity (Wildman–Crippen MR) is 127 cm³/mol. The first-order valence-corrected chi connectivity index (χ1v) is 10.0. The highest BCUT2D eigenvalue weighted by Crippen LogP contribution is 2.48. The fourth-order valence-corrected chi connectivity index (χ4v) is 3.24. The number of benzene rings is 1. The van der Waals surface area contributed by atoms with Gasteiger partial charge in [-0.1, -0.05) is 24.3 Å². The minimum atomic E-state index is -0.149. The molecular weight excluding hydrogens is 498 g/mol. The number of rotatable bonds is 10. The molecule has 1 heterocycles. The van der Waals surface area contributed by atoms with Crippen LogP contribution in [0.3, 0.4) is 0 Å². The van der Waals surface area contributed by atoms with Crippen LogP contribution in [-0.4, -0.2) is 44.4 Å². The lowest BCUT2D eigenvalue weighted by Crippen LogP contribution is -2.41. The van der Waals surface area contributed by atoms with Gasteiger partial charge in [0.15, 0.2) is 5.96 Å². The molecule has 164 valence electrons. The second kappa shape index (κ2) is 12.0. The second-order valence-electron chi connectivity index (χ2n) is 7.12. The Balaban J connectivity index is 0.00000320. The molecule has 30 heavy (non-hydrogen) atoms. The number of hydrogen-bond donors (Lipinski definition) is 2. The van der Waals surface area contributed by atoms with E-state index in [1.807, 2.05) is 31.2 Å². The molecule has 8 heteroatoms. The molecule has 6 nitrogen and oxygen atoms in total. The Morgan fingerprint density at radius 1 is 1.17 bits per heavy atom. The fraction of sp³-hybridized carbons (Fsp3) is 0.455. The van der Waals surface area contributed by atoms with Gasteiger partial charge < -0.3 is 20.1 Å². The van der Waals surface area contributed by atoms with Gasteiger partial charge in [-0.15, -0.1) is 24.0 Å². The van der Waals surface area contributed by atoms with Crippen molar-refractivity contribution in [3.63, 3.8) is 0 Å². The minimum Gasteiger partial charge on any atom is -0.475 e. The molecule has 1 aromatic heterocycles. The average Bonchev–Trinajstić information content (AvgIpc) is 3.52. The van der Waals surface area contributed by atoms with Crippen LogP contribution in [0.4, 0.5) is 4.39 Å². The summed E-state index contributed by atoms with van der Waals surface area (Å²) in [4.78, 5) is 8.96. The molecule has 0 amide bonds. The molecule has 0 unspecified atom stereocenters. The van der Waals surface area contributed by atoms with Crippen LogP contribution >= 0.6 is 24.0 Å². The molecule has 0 spiro atoms. The number of aromatic nitrogens is 1. The Labute approximate surface area is 194 Å². The van der Waals surface area contributed by atoms with Crippen molar-refractivity contribution in [2.24, 2.45) is 4.99 Å². The lowest BCUT2D eigenvalue weighted by Gasteiger charge is -2.19. The van der Waals surface area contributed by atoms with Gasteiger partial charge >= 0.3 is 0 Å². The molecule has 1 fully saturated rings. The van der Waals surface area contributed by atoms with E-state index in [1.165, 1.54) is 6.07 Å². The van der Waals surface area contributed by atoms with Gasteiger partial charge in [-0.25, -0.2) is 14.4 Å². The van der Waals surface area contributed by atoms with Gasteiger partial charge in [0, 0.05) is 37.4 Å². The van der Waals surface area contributed by atoms with Crippen LogP contribution in [0, 0.1) is 5.82 Å². The Kier molecular flexibility index (Phi) is 9.77. The summed E-state index contributed by atoms with van der Waals surface area (Å²) in [5.74, 6) is 1.12. The maximum absolute atomic E-state index is 14.2. The van der Waals surface area contributed by atoms with Crippen LogP contribution in [0.2, 0.25) is 0 Å². The lowest BCUT2D eigenvalue weighted by molar-refractivity contribution is 0.143. The Morgan fingerprint density at radius 3 is 2.67 bits per heavy atom. The van der Waals surface area contributed by atoms with Crippen molar-refractivity contribution in [1.82, 2.24) is 15.6 Å². The van der Waals surface area contributed by atoms with Crippen molar-refractivity contribution in [3.05, 3.63) is 59.5 Å². The molecule has 0 bridgehead atoms. The largest absolute Gasteiger partial charge is 0.475 e. The highest BCUT2D eigenvalue weighted by Gasteiger charge is 2.45. The number of nitrogens with zero attached hydrogens (tertiary/aromatic N) is 2. The molecule has 0 radical (unpaired) electrons. The second-order valence-corrected chi connectivity index (χ2v) is 7.12. The van der Waals surface area contributed by atoms with E-state index in [4.69, 9.17) is 9.47 Å². The first kappa shape index (κ1) is 24.3. The van der Waals surface area contributed by atoms with Gasteiger partial charge in [-0.05, 0) is 37.5 Å². The zero-order valence-corrected chi connectivity index (χ0v) is 19.8. The molecular formula is C22H30FIN4O2. The molecule has 3 rings (SSSR count). The maximum Gasteiger partial charge on any atom is 0.218 e. The van der Waals surface area contributed by atoms with E-state index in [9.17, 15) is 4.39 Å². The number of pyridine rings is 1. The Hall–Kier alpha value is -1.94. The van der Waals surface area contributed by atoms with E-state index in [1.54, 1.807) is 19.4 Å². The van der Waals surface area contributed by atoms with Gasteiger partial charge in [-0.3, -0.25) is 0 Å². The summed E-state index contributed by atoms with van der Waals surface area (Å²) in [6.45, 7) is 4.77. The Bertz CT molecular complexity index is 830. The van der Waals surface area contributed by atoms with Gasteiger partial charge in [-0.2, -0.15) is 0 Å². The standard InChI is InChI=1S/C22H29FN4O2.HI/c1-3-24-21(26-15-17-7-6-12-25-20(17)29-14-13-28-2)27-16-22(10-11-22)18-8-4-5-9-19(18)23;/h4-9,12H,3,10-11,13-16H2,1-2H3,(H2,24,26,27);1H. The SMILES string of the molecule is CCNC(=NCc1cccnc1OCCOC)NCC1(c2ccccc2F)CC1.I. The number of halogens is 2. The normalized spacial score (nSPS) is 14.6. The number of guanidine groups is 1. The molecule has 1 aliphatic carbocycles. The molecule has 0 atom stereocenters. The molecule has 2 N–H and O–H groups in total. The van der Waals surface area contributed by atoms with Crippen LogP contribution < -0.4 is 15.4 Å². The van der Waals surface area contributed by atoms with Crippen molar-refractivity contribution < 1.29 is 13.9 Å². The van der Waals surface area contributed by atoms with Crippen molar-refractivity contribution in [1.29, 1.82) is 0 Å². The molecule has 1 saturated carbocycles. The summed E-state index contributed by atoms with van der Waals surface area (Å²) < 4.78 is 24.9. The van der Waals surface area contributed by atoms with Crippen LogP contribution in [0.5, 0.6) is 5.88 Å². The van der Waals surface area contributed by atoms with Crippen LogP contribution in [0.15, 0.2) is 47.6 Å². The monoisotopic (exact) mass is 528 g/mol. The Morgan fingerprint density at radius 2 is 1.97 bits per heavy atom.